The van der Waals surface area contributed by atoms with E-state index in [1.165, 1.54) is 0 Å². The fourth-order valence-electron chi connectivity index (χ4n) is 1.60. The Morgan fingerprint density at radius 2 is 2.00 bits per heavy atom. The summed E-state index contributed by atoms with van der Waals surface area (Å²) < 4.78 is 5.21. The zero-order valence-electron chi connectivity index (χ0n) is 9.29. The van der Waals surface area contributed by atoms with Crippen molar-refractivity contribution in [3.05, 3.63) is 23.3 Å². The fraction of sp³-hybridized carbons (Fsp3) is 0.500. The summed E-state index contributed by atoms with van der Waals surface area (Å²) in [5.74, 6) is 1.23. The summed E-state index contributed by atoms with van der Waals surface area (Å²) in [6.07, 6.45) is 0.870. The molecule has 0 aliphatic rings. The third-order valence-corrected chi connectivity index (χ3v) is 2.45. The Morgan fingerprint density at radius 1 is 1.36 bits per heavy atom. The molecule has 1 aromatic carbocycles. The van der Waals surface area contributed by atoms with Crippen LogP contribution >= 0.6 is 0 Å². The van der Waals surface area contributed by atoms with E-state index in [1.807, 2.05) is 19.1 Å². The van der Waals surface area contributed by atoms with Crippen LogP contribution in [0.25, 0.3) is 0 Å². The van der Waals surface area contributed by atoms with Crippen molar-refractivity contribution in [2.75, 3.05) is 7.11 Å². The fourth-order valence-corrected chi connectivity index (χ4v) is 1.60. The van der Waals surface area contributed by atoms with Crippen LogP contribution < -0.4 is 4.74 Å². The van der Waals surface area contributed by atoms with E-state index in [2.05, 4.69) is 13.8 Å². The van der Waals surface area contributed by atoms with Gasteiger partial charge in [-0.1, -0.05) is 32.9 Å². The molecule has 0 aliphatic carbocycles. The van der Waals surface area contributed by atoms with Gasteiger partial charge in [-0.15, -0.1) is 0 Å². The highest BCUT2D eigenvalue weighted by atomic mass is 16.5. The standard InChI is InChI=1S/C12H18O2/c1-5-9-6-7-10(8(2)3)11(13)12(9)14-4/h6-8,13H,5H2,1-4H3. The van der Waals surface area contributed by atoms with Gasteiger partial charge in [0.15, 0.2) is 11.5 Å². The summed E-state index contributed by atoms with van der Waals surface area (Å²) in [6.45, 7) is 6.16. The predicted octanol–water partition coefficient (Wildman–Crippen LogP) is 3.09. The first-order valence-electron chi connectivity index (χ1n) is 5.00. The minimum Gasteiger partial charge on any atom is -0.504 e. The van der Waals surface area contributed by atoms with Gasteiger partial charge in [-0.3, -0.25) is 0 Å². The average Bonchev–Trinajstić information content (AvgIpc) is 2.16. The Kier molecular flexibility index (Phi) is 3.39. The molecular weight excluding hydrogens is 176 g/mol. The van der Waals surface area contributed by atoms with Gasteiger partial charge in [0.25, 0.3) is 0 Å². The summed E-state index contributed by atoms with van der Waals surface area (Å²) in [5, 5.41) is 9.95. The van der Waals surface area contributed by atoms with Gasteiger partial charge in [0, 0.05) is 5.56 Å². The first kappa shape index (κ1) is 10.9. The lowest BCUT2D eigenvalue weighted by Gasteiger charge is -2.14. The van der Waals surface area contributed by atoms with Crippen LogP contribution in [0.4, 0.5) is 0 Å². The molecular formula is C12H18O2. The molecule has 78 valence electrons. The van der Waals surface area contributed by atoms with Crippen molar-refractivity contribution in [2.24, 2.45) is 0 Å². The van der Waals surface area contributed by atoms with Crippen molar-refractivity contribution in [1.29, 1.82) is 0 Å². The summed E-state index contributed by atoms with van der Waals surface area (Å²) in [5.41, 5.74) is 1.99. The molecule has 1 aromatic rings. The molecule has 1 N–H and O–H groups in total. The first-order chi connectivity index (χ1) is 6.61. The highest BCUT2D eigenvalue weighted by molar-refractivity contribution is 5.52. The quantitative estimate of drug-likeness (QED) is 0.801. The van der Waals surface area contributed by atoms with E-state index in [0.29, 0.717) is 17.4 Å². The van der Waals surface area contributed by atoms with Crippen LogP contribution in [0.1, 0.15) is 37.8 Å². The molecule has 0 aromatic heterocycles. The van der Waals surface area contributed by atoms with Gasteiger partial charge >= 0.3 is 0 Å². The second kappa shape index (κ2) is 4.36. The van der Waals surface area contributed by atoms with Gasteiger partial charge < -0.3 is 9.84 Å². The number of ether oxygens (including phenoxy) is 1. The molecule has 2 nitrogen and oxygen atoms in total. The lowest BCUT2D eigenvalue weighted by molar-refractivity contribution is 0.365. The highest BCUT2D eigenvalue weighted by Crippen LogP contribution is 2.37. The summed E-state index contributed by atoms with van der Waals surface area (Å²) in [7, 11) is 1.60. The molecule has 0 atom stereocenters. The first-order valence-corrected chi connectivity index (χ1v) is 5.00. The second-order valence-electron chi connectivity index (χ2n) is 3.70. The van der Waals surface area contributed by atoms with Crippen molar-refractivity contribution in [1.82, 2.24) is 0 Å². The molecule has 0 heterocycles. The SMILES string of the molecule is CCc1ccc(C(C)C)c(O)c1OC. The van der Waals surface area contributed by atoms with Crippen molar-refractivity contribution in [2.45, 2.75) is 33.1 Å². The molecule has 14 heavy (non-hydrogen) atoms. The number of aryl methyl sites for hydroxylation is 1. The summed E-state index contributed by atoms with van der Waals surface area (Å²) >= 11 is 0. The largest absolute Gasteiger partial charge is 0.504 e. The maximum atomic E-state index is 9.95. The number of benzene rings is 1. The van der Waals surface area contributed by atoms with Crippen LogP contribution in [0.3, 0.4) is 0 Å². The van der Waals surface area contributed by atoms with Crippen LogP contribution in [0, 0.1) is 0 Å². The number of aromatic hydroxyl groups is 1. The lowest BCUT2D eigenvalue weighted by atomic mass is 9.98. The molecule has 0 saturated carbocycles. The normalized spacial score (nSPS) is 10.6. The van der Waals surface area contributed by atoms with E-state index in [0.717, 1.165) is 17.5 Å². The van der Waals surface area contributed by atoms with E-state index in [1.54, 1.807) is 7.11 Å². The number of phenolic OH excluding ortho intramolecular Hbond substituents is 1. The monoisotopic (exact) mass is 194 g/mol. The van der Waals surface area contributed by atoms with Gasteiger partial charge in [0.1, 0.15) is 0 Å². The molecule has 0 amide bonds. The van der Waals surface area contributed by atoms with Crippen molar-refractivity contribution in [3.63, 3.8) is 0 Å². The molecule has 0 bridgehead atoms. The zero-order chi connectivity index (χ0) is 10.7. The predicted molar refractivity (Wildman–Crippen MR) is 58.1 cm³/mol. The van der Waals surface area contributed by atoms with Crippen LogP contribution in [0.5, 0.6) is 11.5 Å². The molecule has 0 saturated heterocycles. The van der Waals surface area contributed by atoms with Crippen LogP contribution in [-0.4, -0.2) is 12.2 Å². The molecule has 2 heteroatoms. The highest BCUT2D eigenvalue weighted by Gasteiger charge is 2.13. The van der Waals surface area contributed by atoms with Crippen LogP contribution in [-0.2, 0) is 6.42 Å². The van der Waals surface area contributed by atoms with Gasteiger partial charge in [0.05, 0.1) is 7.11 Å². The average molecular weight is 194 g/mol. The van der Waals surface area contributed by atoms with Crippen LogP contribution in [0.15, 0.2) is 12.1 Å². The number of phenols is 1. The van der Waals surface area contributed by atoms with Gasteiger partial charge in [-0.2, -0.15) is 0 Å². The summed E-state index contributed by atoms with van der Waals surface area (Å²) in [6, 6.07) is 4.00. The van der Waals surface area contributed by atoms with Gasteiger partial charge in [0.2, 0.25) is 0 Å². The third kappa shape index (κ3) is 1.84. The number of hydrogen-bond donors (Lipinski definition) is 1. The Balaban J connectivity index is 3.27. The second-order valence-corrected chi connectivity index (χ2v) is 3.70. The molecule has 0 radical (unpaired) electrons. The van der Waals surface area contributed by atoms with E-state index in [4.69, 9.17) is 4.74 Å². The number of rotatable bonds is 3. The van der Waals surface area contributed by atoms with E-state index in [-0.39, 0.29) is 0 Å². The van der Waals surface area contributed by atoms with E-state index in [9.17, 15) is 5.11 Å². The van der Waals surface area contributed by atoms with Crippen LogP contribution in [0.2, 0.25) is 0 Å². The maximum Gasteiger partial charge on any atom is 0.163 e. The molecule has 0 unspecified atom stereocenters. The van der Waals surface area contributed by atoms with Gasteiger partial charge in [-0.25, -0.2) is 0 Å². The smallest absolute Gasteiger partial charge is 0.163 e. The van der Waals surface area contributed by atoms with E-state index < -0.39 is 0 Å². The molecule has 0 fully saturated rings. The summed E-state index contributed by atoms with van der Waals surface area (Å²) in [4.78, 5) is 0. The number of methoxy groups -OCH3 is 1. The Hall–Kier alpha value is -1.18. The van der Waals surface area contributed by atoms with Crippen molar-refractivity contribution >= 4 is 0 Å². The topological polar surface area (TPSA) is 29.5 Å². The van der Waals surface area contributed by atoms with E-state index >= 15 is 0 Å². The zero-order valence-corrected chi connectivity index (χ0v) is 9.29. The van der Waals surface area contributed by atoms with Crippen molar-refractivity contribution in [3.8, 4) is 11.5 Å². The molecule has 0 aliphatic heterocycles. The number of hydrogen-bond acceptors (Lipinski definition) is 2. The Bertz CT molecular complexity index is 316. The minimum absolute atomic E-state index is 0.293. The van der Waals surface area contributed by atoms with Gasteiger partial charge in [-0.05, 0) is 17.9 Å². The Labute approximate surface area is 85.5 Å². The molecule has 1 rings (SSSR count). The minimum atomic E-state index is 0.293. The maximum absolute atomic E-state index is 9.95. The third-order valence-electron chi connectivity index (χ3n) is 2.45. The van der Waals surface area contributed by atoms with Crippen molar-refractivity contribution < 1.29 is 9.84 Å². The molecule has 0 spiro atoms. The lowest BCUT2D eigenvalue weighted by Crippen LogP contribution is -1.96. The Morgan fingerprint density at radius 3 is 2.43 bits per heavy atom.